The number of amidine groups is 1. The number of fused-ring (bicyclic) bond motifs is 2. The zero-order chi connectivity index (χ0) is 22.3. The molecule has 33 heavy (non-hydrogen) atoms. The highest BCUT2D eigenvalue weighted by atomic mass is 16.5. The van der Waals surface area contributed by atoms with E-state index in [4.69, 9.17) is 14.2 Å². The molecule has 1 fully saturated rings. The van der Waals surface area contributed by atoms with Crippen molar-refractivity contribution in [3.8, 4) is 11.5 Å². The Bertz CT molecular complexity index is 1330. The van der Waals surface area contributed by atoms with Gasteiger partial charge in [0.25, 0.3) is 5.84 Å². The SMILES string of the molecule is COc1cc([N+]23C=CN=C2C=NC(c2ccc4cn[nH]c4c2)=C3)ccc1OC1CCOCC1. The highest BCUT2D eigenvalue weighted by Gasteiger charge is 2.40. The average molecular weight is 442 g/mol. The second-order valence-electron chi connectivity index (χ2n) is 8.27. The van der Waals surface area contributed by atoms with Gasteiger partial charge in [-0.1, -0.05) is 12.1 Å². The third-order valence-electron chi connectivity index (χ3n) is 6.31. The maximum atomic E-state index is 6.24. The van der Waals surface area contributed by atoms with Crippen LogP contribution < -0.4 is 14.0 Å². The van der Waals surface area contributed by atoms with Crippen molar-refractivity contribution in [2.45, 2.75) is 18.9 Å². The molecule has 0 amide bonds. The molecule has 8 heteroatoms. The smallest absolute Gasteiger partial charge is 0.261 e. The van der Waals surface area contributed by atoms with Crippen molar-refractivity contribution in [3.63, 3.8) is 0 Å². The molecule has 0 bridgehead atoms. The fourth-order valence-corrected chi connectivity index (χ4v) is 4.47. The molecule has 1 saturated heterocycles. The normalized spacial score (nSPS) is 22.2. The first-order chi connectivity index (χ1) is 16.2. The van der Waals surface area contributed by atoms with Crippen molar-refractivity contribution in [2.75, 3.05) is 20.3 Å². The van der Waals surface area contributed by atoms with Gasteiger partial charge in [-0.3, -0.25) is 5.10 Å². The standard InChI is InChI=1S/C25H24N5O3/c1-31-24-13-19(4-5-23(24)33-20-6-10-32-11-7-20)30-9-8-26-25(30)15-27-22(16-30)17-2-3-18-14-28-29-21(18)12-17/h2-5,8-9,12-16,20H,6-7,10-11H2,1H3,(H,28,29)/q+1. The average Bonchev–Trinajstić information content (AvgIpc) is 3.51. The van der Waals surface area contributed by atoms with Crippen molar-refractivity contribution < 1.29 is 14.2 Å². The second kappa shape index (κ2) is 7.99. The van der Waals surface area contributed by atoms with E-state index in [1.54, 1.807) is 7.11 Å². The highest BCUT2D eigenvalue weighted by Crippen LogP contribution is 2.40. The van der Waals surface area contributed by atoms with Gasteiger partial charge in [-0.2, -0.15) is 14.6 Å². The second-order valence-corrected chi connectivity index (χ2v) is 8.27. The molecule has 8 nitrogen and oxygen atoms in total. The minimum Gasteiger partial charge on any atom is -0.493 e. The van der Waals surface area contributed by atoms with E-state index in [1.807, 2.05) is 43.0 Å². The summed E-state index contributed by atoms with van der Waals surface area (Å²) in [5, 5.41) is 8.22. The molecule has 0 radical (unpaired) electrons. The highest BCUT2D eigenvalue weighted by molar-refractivity contribution is 6.37. The van der Waals surface area contributed by atoms with Crippen molar-refractivity contribution in [1.29, 1.82) is 0 Å². The number of H-pyrrole nitrogens is 1. The first kappa shape index (κ1) is 19.9. The largest absolute Gasteiger partial charge is 0.493 e. The van der Waals surface area contributed by atoms with Gasteiger partial charge >= 0.3 is 0 Å². The van der Waals surface area contributed by atoms with Gasteiger partial charge in [0.2, 0.25) is 0 Å². The van der Waals surface area contributed by atoms with Crippen LogP contribution >= 0.6 is 0 Å². The van der Waals surface area contributed by atoms with Crippen LogP contribution in [0, 0.1) is 0 Å². The summed E-state index contributed by atoms with van der Waals surface area (Å²) < 4.78 is 17.7. The van der Waals surface area contributed by atoms with Crippen molar-refractivity contribution in [1.82, 2.24) is 14.7 Å². The molecular formula is C25H24N5O3+. The maximum Gasteiger partial charge on any atom is 0.261 e. The van der Waals surface area contributed by atoms with E-state index in [2.05, 4.69) is 44.6 Å². The van der Waals surface area contributed by atoms with Gasteiger partial charge in [0.1, 0.15) is 30.4 Å². The fraction of sp³-hybridized carbons (Fsp3) is 0.240. The predicted octanol–water partition coefficient (Wildman–Crippen LogP) is 4.40. The van der Waals surface area contributed by atoms with Gasteiger partial charge in [0.05, 0.1) is 38.2 Å². The van der Waals surface area contributed by atoms with Gasteiger partial charge in [-0.15, -0.1) is 0 Å². The molecule has 1 atom stereocenters. The zero-order valence-corrected chi connectivity index (χ0v) is 18.3. The number of nitrogens with one attached hydrogen (secondary N) is 1. The van der Waals surface area contributed by atoms with E-state index in [-0.39, 0.29) is 6.10 Å². The van der Waals surface area contributed by atoms with Crippen LogP contribution in [0.3, 0.4) is 0 Å². The molecule has 0 spiro atoms. The summed E-state index contributed by atoms with van der Waals surface area (Å²) in [5.41, 5.74) is 3.83. The molecule has 4 heterocycles. The molecular weight excluding hydrogens is 418 g/mol. The van der Waals surface area contributed by atoms with E-state index in [9.17, 15) is 0 Å². The summed E-state index contributed by atoms with van der Waals surface area (Å²) in [5.74, 6) is 2.26. The topological polar surface area (TPSA) is 81.1 Å². The summed E-state index contributed by atoms with van der Waals surface area (Å²) in [6.45, 7) is 1.46. The molecule has 0 aliphatic carbocycles. The van der Waals surface area contributed by atoms with E-state index in [0.717, 1.165) is 65.5 Å². The summed E-state index contributed by atoms with van der Waals surface area (Å²) >= 11 is 0. The number of benzene rings is 2. The third kappa shape index (κ3) is 3.44. The van der Waals surface area contributed by atoms with Gasteiger partial charge in [0, 0.05) is 35.9 Å². The molecule has 166 valence electrons. The summed E-state index contributed by atoms with van der Waals surface area (Å²) in [4.78, 5) is 9.25. The molecule has 3 aliphatic rings. The van der Waals surface area contributed by atoms with Crippen LogP contribution in [0.1, 0.15) is 18.4 Å². The van der Waals surface area contributed by atoms with Crippen molar-refractivity contribution in [3.05, 3.63) is 66.8 Å². The number of nitrogens with zero attached hydrogens (tertiary/aromatic N) is 4. The van der Waals surface area contributed by atoms with Gasteiger partial charge in [-0.05, 0) is 12.1 Å². The van der Waals surface area contributed by atoms with Crippen LogP contribution in [-0.4, -0.2) is 48.7 Å². The Morgan fingerprint density at radius 2 is 2.00 bits per heavy atom. The van der Waals surface area contributed by atoms with E-state index in [0.29, 0.717) is 10.2 Å². The number of rotatable bonds is 5. The number of methoxy groups -OCH3 is 1. The molecule has 2 aromatic carbocycles. The summed E-state index contributed by atoms with van der Waals surface area (Å²) in [6.07, 6.45) is 11.5. The quantitative estimate of drug-likeness (QED) is 0.594. The molecule has 3 aromatic rings. The van der Waals surface area contributed by atoms with Crippen LogP contribution in [0.15, 0.2) is 71.2 Å². The van der Waals surface area contributed by atoms with Crippen LogP contribution in [-0.2, 0) is 4.74 Å². The Kier molecular flexibility index (Phi) is 4.82. The fourth-order valence-electron chi connectivity index (χ4n) is 4.47. The monoisotopic (exact) mass is 442 g/mol. The van der Waals surface area contributed by atoms with E-state index >= 15 is 0 Å². The van der Waals surface area contributed by atoms with Crippen LogP contribution in [0.25, 0.3) is 16.6 Å². The Labute approximate surface area is 191 Å². The number of hydrogen-bond donors (Lipinski definition) is 1. The number of aromatic nitrogens is 2. The number of ether oxygens (including phenoxy) is 3. The number of aromatic amines is 1. The Balaban J connectivity index is 1.38. The number of hydrogen-bond acceptors (Lipinski definition) is 6. The molecule has 3 aliphatic heterocycles. The van der Waals surface area contributed by atoms with E-state index in [1.165, 1.54) is 0 Å². The van der Waals surface area contributed by atoms with Crippen LogP contribution in [0.2, 0.25) is 0 Å². The Morgan fingerprint density at radius 1 is 1.09 bits per heavy atom. The minimum atomic E-state index is 0.139. The lowest BCUT2D eigenvalue weighted by atomic mass is 10.1. The minimum absolute atomic E-state index is 0.139. The molecule has 1 unspecified atom stereocenters. The van der Waals surface area contributed by atoms with Gasteiger partial charge in [0.15, 0.2) is 17.2 Å². The van der Waals surface area contributed by atoms with Crippen LogP contribution in [0.5, 0.6) is 11.5 Å². The molecule has 0 saturated carbocycles. The van der Waals surface area contributed by atoms with Gasteiger partial charge < -0.3 is 14.2 Å². The lowest BCUT2D eigenvalue weighted by molar-refractivity contribution is 0.0245. The molecule has 1 aromatic heterocycles. The first-order valence-corrected chi connectivity index (χ1v) is 11.0. The predicted molar refractivity (Wildman–Crippen MR) is 128 cm³/mol. The van der Waals surface area contributed by atoms with Crippen molar-refractivity contribution >= 4 is 34.3 Å². The van der Waals surface area contributed by atoms with Crippen molar-refractivity contribution in [2.24, 2.45) is 9.98 Å². The Morgan fingerprint density at radius 3 is 2.88 bits per heavy atom. The number of quaternary nitrogens is 1. The van der Waals surface area contributed by atoms with Gasteiger partial charge in [-0.25, -0.2) is 4.99 Å². The Hall–Kier alpha value is -3.75. The maximum absolute atomic E-state index is 6.24. The van der Waals surface area contributed by atoms with Crippen LogP contribution in [0.4, 0.5) is 5.69 Å². The summed E-state index contributed by atoms with van der Waals surface area (Å²) in [7, 11) is 1.67. The van der Waals surface area contributed by atoms with E-state index < -0.39 is 0 Å². The first-order valence-electron chi connectivity index (χ1n) is 11.0. The third-order valence-corrected chi connectivity index (χ3v) is 6.31. The summed E-state index contributed by atoms with van der Waals surface area (Å²) in [6, 6.07) is 12.2. The molecule has 1 N–H and O–H groups in total. The number of aliphatic imine (C=N–C) groups is 2. The lowest BCUT2D eigenvalue weighted by Gasteiger charge is -2.30. The zero-order valence-electron chi connectivity index (χ0n) is 18.3. The lowest BCUT2D eigenvalue weighted by Crippen LogP contribution is -2.45. The molecule has 6 rings (SSSR count).